The van der Waals surface area contributed by atoms with E-state index in [1.807, 2.05) is 0 Å². The predicted molar refractivity (Wildman–Crippen MR) is 147 cm³/mol. The maximum Gasteiger partial charge on any atom is 0.305 e. The quantitative estimate of drug-likeness (QED) is 0.187. The number of rotatable bonds is 12. The van der Waals surface area contributed by atoms with E-state index in [2.05, 4.69) is 5.32 Å². The number of ether oxygens (including phenoxy) is 10. The van der Waals surface area contributed by atoms with E-state index in [0.717, 1.165) is 55.4 Å². The van der Waals surface area contributed by atoms with Crippen LogP contribution in [0.5, 0.6) is 0 Å². The van der Waals surface area contributed by atoms with Crippen molar-refractivity contribution >= 4 is 47.7 Å². The molecule has 2 heterocycles. The first kappa shape index (κ1) is 38.8. The molecule has 10 atom stereocenters. The molecular formula is C28H39NO18. The van der Waals surface area contributed by atoms with Gasteiger partial charge in [-0.3, -0.25) is 38.4 Å². The van der Waals surface area contributed by atoms with Gasteiger partial charge in [0.2, 0.25) is 12.2 Å². The van der Waals surface area contributed by atoms with Crippen LogP contribution < -0.4 is 5.32 Å². The summed E-state index contributed by atoms with van der Waals surface area (Å²) in [6.45, 7) is 7.30. The first-order valence-electron chi connectivity index (χ1n) is 14.3. The summed E-state index contributed by atoms with van der Waals surface area (Å²) in [5.74, 6) is -6.64. The van der Waals surface area contributed by atoms with Crippen molar-refractivity contribution in [3.05, 3.63) is 0 Å². The molecule has 2 saturated heterocycles. The number of amides is 1. The highest BCUT2D eigenvalue weighted by atomic mass is 16.8. The number of carbonyl (C=O) groups is 8. The Hall–Kier alpha value is -4.36. The van der Waals surface area contributed by atoms with E-state index in [-0.39, 0.29) is 0 Å². The monoisotopic (exact) mass is 677 g/mol. The molecule has 47 heavy (non-hydrogen) atoms. The Balaban J connectivity index is 2.73. The van der Waals surface area contributed by atoms with Crippen LogP contribution in [0.1, 0.15) is 55.4 Å². The lowest BCUT2D eigenvalue weighted by Crippen LogP contribution is -2.69. The van der Waals surface area contributed by atoms with E-state index in [9.17, 15) is 38.4 Å². The minimum Gasteiger partial charge on any atom is -0.463 e. The standard InChI is InChI=1S/C28H39NO18/c1-11(30)29-21-24(41-15(5)34)22(19(9-38-12(2)31)45-27(21)44-18(8)37)47-28-26(43-17(7)36)25(42-16(6)35)23(40-14(4)33)20(46-28)10-39-13(3)32/h19-28H,9-10H2,1-8H3,(H,29,30)/t19?,20?,21?,22-,23+,24-,25+,26?,27+,28+/m1/s1. The molecule has 1 amide bonds. The summed E-state index contributed by atoms with van der Waals surface area (Å²) in [5.41, 5.74) is 0. The molecule has 0 bridgehead atoms. The van der Waals surface area contributed by atoms with Crippen molar-refractivity contribution in [1.82, 2.24) is 5.32 Å². The zero-order valence-corrected chi connectivity index (χ0v) is 27.0. The second kappa shape index (κ2) is 17.5. The van der Waals surface area contributed by atoms with Gasteiger partial charge in [0.25, 0.3) is 0 Å². The van der Waals surface area contributed by atoms with Gasteiger partial charge in [-0.1, -0.05) is 0 Å². The Morgan fingerprint density at radius 2 is 0.872 bits per heavy atom. The van der Waals surface area contributed by atoms with Crippen molar-refractivity contribution in [2.75, 3.05) is 13.2 Å². The first-order chi connectivity index (χ1) is 21.9. The normalized spacial score (nSPS) is 30.0. The van der Waals surface area contributed by atoms with Gasteiger partial charge >= 0.3 is 41.8 Å². The lowest BCUT2D eigenvalue weighted by Gasteiger charge is -2.48. The van der Waals surface area contributed by atoms with Crippen molar-refractivity contribution < 1.29 is 85.7 Å². The fourth-order valence-corrected chi connectivity index (χ4v) is 4.84. The maximum atomic E-state index is 12.3. The third-order valence-electron chi connectivity index (χ3n) is 6.29. The van der Waals surface area contributed by atoms with Gasteiger partial charge < -0.3 is 52.7 Å². The molecule has 0 aliphatic carbocycles. The van der Waals surface area contributed by atoms with E-state index in [0.29, 0.717) is 0 Å². The van der Waals surface area contributed by atoms with E-state index < -0.39 is 122 Å². The number of esters is 7. The summed E-state index contributed by atoms with van der Waals surface area (Å²) >= 11 is 0. The van der Waals surface area contributed by atoms with E-state index in [1.54, 1.807) is 0 Å². The van der Waals surface area contributed by atoms with Gasteiger partial charge in [-0.2, -0.15) is 0 Å². The van der Waals surface area contributed by atoms with Crippen molar-refractivity contribution in [3.8, 4) is 0 Å². The number of hydrogen-bond acceptors (Lipinski definition) is 18. The Bertz CT molecular complexity index is 1200. The summed E-state index contributed by atoms with van der Waals surface area (Å²) in [4.78, 5) is 96.5. The summed E-state index contributed by atoms with van der Waals surface area (Å²) in [5, 5.41) is 2.48. The number of nitrogens with one attached hydrogen (secondary N) is 1. The summed E-state index contributed by atoms with van der Waals surface area (Å²) in [6.07, 6.45) is -14.2. The van der Waals surface area contributed by atoms with E-state index in [1.165, 1.54) is 0 Å². The van der Waals surface area contributed by atoms with Gasteiger partial charge in [0, 0.05) is 55.4 Å². The largest absolute Gasteiger partial charge is 0.463 e. The van der Waals surface area contributed by atoms with Crippen LogP contribution >= 0.6 is 0 Å². The summed E-state index contributed by atoms with van der Waals surface area (Å²) < 4.78 is 55.2. The second-order valence-corrected chi connectivity index (χ2v) is 10.4. The molecule has 0 spiro atoms. The molecule has 0 aromatic heterocycles. The highest BCUT2D eigenvalue weighted by Crippen LogP contribution is 2.34. The zero-order valence-electron chi connectivity index (χ0n) is 27.0. The van der Waals surface area contributed by atoms with Gasteiger partial charge in [0.05, 0.1) is 0 Å². The molecule has 1 N–H and O–H groups in total. The number of hydrogen-bond donors (Lipinski definition) is 1. The molecule has 19 heteroatoms. The molecular weight excluding hydrogens is 638 g/mol. The van der Waals surface area contributed by atoms with Crippen LogP contribution in [0.2, 0.25) is 0 Å². The first-order valence-corrected chi connectivity index (χ1v) is 14.3. The highest BCUT2D eigenvalue weighted by molar-refractivity contribution is 5.74. The van der Waals surface area contributed by atoms with Crippen molar-refractivity contribution in [1.29, 1.82) is 0 Å². The maximum absolute atomic E-state index is 12.3. The molecule has 2 rings (SSSR count). The van der Waals surface area contributed by atoms with Crippen LogP contribution in [0.15, 0.2) is 0 Å². The third kappa shape index (κ3) is 12.1. The lowest BCUT2D eigenvalue weighted by molar-refractivity contribution is -0.348. The van der Waals surface area contributed by atoms with Crippen LogP contribution in [-0.2, 0) is 85.7 Å². The Morgan fingerprint density at radius 1 is 0.468 bits per heavy atom. The summed E-state index contributed by atoms with van der Waals surface area (Å²) in [7, 11) is 0. The third-order valence-corrected chi connectivity index (χ3v) is 6.29. The molecule has 0 radical (unpaired) electrons. The van der Waals surface area contributed by atoms with E-state index >= 15 is 0 Å². The van der Waals surface area contributed by atoms with Crippen LogP contribution in [0.4, 0.5) is 0 Å². The van der Waals surface area contributed by atoms with Crippen LogP contribution in [-0.4, -0.2) is 122 Å². The van der Waals surface area contributed by atoms with E-state index in [4.69, 9.17) is 47.4 Å². The Labute approximate surface area is 269 Å². The van der Waals surface area contributed by atoms with Crippen molar-refractivity contribution in [2.24, 2.45) is 0 Å². The van der Waals surface area contributed by atoms with Crippen molar-refractivity contribution in [3.63, 3.8) is 0 Å². The molecule has 4 unspecified atom stereocenters. The molecule has 2 aliphatic rings. The molecule has 2 aliphatic heterocycles. The minimum absolute atomic E-state index is 0.577. The average molecular weight is 678 g/mol. The van der Waals surface area contributed by atoms with Crippen LogP contribution in [0.3, 0.4) is 0 Å². The fourth-order valence-electron chi connectivity index (χ4n) is 4.84. The smallest absolute Gasteiger partial charge is 0.305 e. The second-order valence-electron chi connectivity index (χ2n) is 10.4. The van der Waals surface area contributed by atoms with Gasteiger partial charge in [0.1, 0.15) is 37.6 Å². The zero-order chi connectivity index (χ0) is 35.6. The number of carbonyl (C=O) groups excluding carboxylic acids is 8. The molecule has 264 valence electrons. The van der Waals surface area contributed by atoms with Gasteiger partial charge in [-0.05, 0) is 0 Å². The van der Waals surface area contributed by atoms with Gasteiger partial charge in [0.15, 0.2) is 30.7 Å². The molecule has 2 fully saturated rings. The van der Waals surface area contributed by atoms with Gasteiger partial charge in [-0.25, -0.2) is 0 Å². The Kier molecular flexibility index (Phi) is 14.5. The lowest BCUT2D eigenvalue weighted by atomic mass is 9.94. The molecule has 0 aromatic rings. The topological polar surface area (TPSA) is 241 Å². The predicted octanol–water partition coefficient (Wildman–Crippen LogP) is -1.26. The minimum atomic E-state index is -1.80. The highest BCUT2D eigenvalue weighted by Gasteiger charge is 2.57. The molecule has 0 aromatic carbocycles. The molecule has 19 nitrogen and oxygen atoms in total. The SMILES string of the molecule is CC(=O)NC1[C@@H](OC(C)=O)OC(COC(C)=O)[C@@H](O[C@@H]2OC(COC(C)=O)[C@H](OC(C)=O)[C@H](OC(C)=O)C2OC(C)=O)[C@@H]1OC(C)=O. The van der Waals surface area contributed by atoms with Crippen molar-refractivity contribution in [2.45, 2.75) is 117 Å². The van der Waals surface area contributed by atoms with Crippen LogP contribution in [0.25, 0.3) is 0 Å². The Morgan fingerprint density at radius 3 is 1.32 bits per heavy atom. The van der Waals surface area contributed by atoms with Gasteiger partial charge in [-0.15, -0.1) is 0 Å². The van der Waals surface area contributed by atoms with Crippen LogP contribution in [0, 0.1) is 0 Å². The summed E-state index contributed by atoms with van der Waals surface area (Å²) in [6, 6.07) is -1.43. The molecule has 0 saturated carbocycles. The fraction of sp³-hybridized carbons (Fsp3) is 0.714. The average Bonchev–Trinajstić information content (AvgIpc) is 2.91.